The predicted molar refractivity (Wildman–Crippen MR) is 67.1 cm³/mol. The Morgan fingerprint density at radius 1 is 1.56 bits per heavy atom. The lowest BCUT2D eigenvalue weighted by molar-refractivity contribution is 0.793. The molecule has 2 aromatic rings. The number of aromatic amines is 1. The van der Waals surface area contributed by atoms with Crippen molar-refractivity contribution in [3.63, 3.8) is 0 Å². The minimum atomic E-state index is -0.420. The van der Waals surface area contributed by atoms with Crippen LogP contribution in [0.5, 0.6) is 0 Å². The second kappa shape index (κ2) is 4.42. The van der Waals surface area contributed by atoms with Crippen LogP contribution in [0.1, 0.15) is 10.6 Å². The summed E-state index contributed by atoms with van der Waals surface area (Å²) in [7, 11) is 0. The average Bonchev–Trinajstić information content (AvgIpc) is 2.78. The Morgan fingerprint density at radius 2 is 2.38 bits per heavy atom. The van der Waals surface area contributed by atoms with Crippen molar-refractivity contribution in [3.8, 4) is 0 Å². The molecule has 16 heavy (non-hydrogen) atoms. The molecule has 2 rings (SSSR count). The summed E-state index contributed by atoms with van der Waals surface area (Å²) in [4.78, 5) is 12.6. The Bertz CT molecular complexity index is 624. The summed E-state index contributed by atoms with van der Waals surface area (Å²) in [5.74, 6) is 5.43. The van der Waals surface area contributed by atoms with Gasteiger partial charge in [0.25, 0.3) is 5.56 Å². The third kappa shape index (κ3) is 2.10. The third-order valence-electron chi connectivity index (χ3n) is 1.88. The molecule has 0 aromatic carbocycles. The number of hydrogen-bond donors (Lipinski definition) is 2. The van der Waals surface area contributed by atoms with Crippen LogP contribution in [0.3, 0.4) is 0 Å². The average molecular weight is 252 g/mol. The first-order chi connectivity index (χ1) is 7.68. The molecule has 0 spiro atoms. The second-order valence-corrected chi connectivity index (χ2v) is 4.30. The van der Waals surface area contributed by atoms with Crippen molar-refractivity contribution in [2.75, 3.05) is 5.84 Å². The SMILES string of the molecule is Nn1c(=S)[nH]nc(C=Cc2cccs2)c1=O. The molecule has 7 heteroatoms. The molecule has 5 nitrogen and oxygen atoms in total. The highest BCUT2D eigenvalue weighted by Crippen LogP contribution is 2.11. The van der Waals surface area contributed by atoms with E-state index in [-0.39, 0.29) is 10.5 Å². The van der Waals surface area contributed by atoms with Gasteiger partial charge in [0.1, 0.15) is 0 Å². The van der Waals surface area contributed by atoms with Crippen LogP contribution in [0.25, 0.3) is 12.2 Å². The highest BCUT2D eigenvalue weighted by atomic mass is 32.1. The van der Waals surface area contributed by atoms with Crippen molar-refractivity contribution in [2.45, 2.75) is 0 Å². The third-order valence-corrected chi connectivity index (χ3v) is 3.00. The molecule has 0 fully saturated rings. The van der Waals surface area contributed by atoms with Gasteiger partial charge in [-0.15, -0.1) is 11.3 Å². The second-order valence-electron chi connectivity index (χ2n) is 2.94. The van der Waals surface area contributed by atoms with Gasteiger partial charge >= 0.3 is 0 Å². The highest BCUT2D eigenvalue weighted by Gasteiger charge is 2.00. The van der Waals surface area contributed by atoms with E-state index in [0.717, 1.165) is 9.55 Å². The molecule has 0 aliphatic carbocycles. The Morgan fingerprint density at radius 3 is 3.06 bits per heavy atom. The van der Waals surface area contributed by atoms with Crippen LogP contribution in [-0.2, 0) is 0 Å². The molecule has 0 aliphatic heterocycles. The van der Waals surface area contributed by atoms with Crippen molar-refractivity contribution in [2.24, 2.45) is 0 Å². The number of nitrogen functional groups attached to an aromatic ring is 1. The van der Waals surface area contributed by atoms with E-state index >= 15 is 0 Å². The summed E-state index contributed by atoms with van der Waals surface area (Å²) < 4.78 is 0.953. The van der Waals surface area contributed by atoms with Crippen molar-refractivity contribution >= 4 is 35.7 Å². The molecule has 2 heterocycles. The number of nitrogens with zero attached hydrogens (tertiary/aromatic N) is 2. The monoisotopic (exact) mass is 252 g/mol. The number of aromatic nitrogens is 3. The van der Waals surface area contributed by atoms with Gasteiger partial charge in [-0.3, -0.25) is 9.89 Å². The maximum Gasteiger partial charge on any atom is 0.298 e. The fourth-order valence-electron chi connectivity index (χ4n) is 1.08. The predicted octanol–water partition coefficient (Wildman–Crippen LogP) is 1.25. The molecule has 0 unspecified atom stereocenters. The maximum absolute atomic E-state index is 11.6. The van der Waals surface area contributed by atoms with Gasteiger partial charge in [0.2, 0.25) is 4.77 Å². The maximum atomic E-state index is 11.6. The van der Waals surface area contributed by atoms with Crippen LogP contribution < -0.4 is 11.4 Å². The van der Waals surface area contributed by atoms with Crippen LogP contribution in [0.4, 0.5) is 0 Å². The topological polar surface area (TPSA) is 76.7 Å². The molecule has 3 N–H and O–H groups in total. The van der Waals surface area contributed by atoms with Gasteiger partial charge in [0, 0.05) is 4.88 Å². The number of nitrogens with two attached hydrogens (primary N) is 1. The van der Waals surface area contributed by atoms with E-state index in [4.69, 9.17) is 18.1 Å². The number of thiophene rings is 1. The van der Waals surface area contributed by atoms with Crippen LogP contribution in [0.2, 0.25) is 0 Å². The molecule has 0 atom stereocenters. The molecule has 2 aromatic heterocycles. The van der Waals surface area contributed by atoms with E-state index < -0.39 is 5.56 Å². The van der Waals surface area contributed by atoms with E-state index in [1.807, 2.05) is 17.5 Å². The molecule has 0 aliphatic rings. The first-order valence-corrected chi connectivity index (χ1v) is 5.65. The molecule has 82 valence electrons. The van der Waals surface area contributed by atoms with Crippen molar-refractivity contribution < 1.29 is 0 Å². The lowest BCUT2D eigenvalue weighted by Crippen LogP contribution is -2.31. The first kappa shape index (κ1) is 10.8. The largest absolute Gasteiger partial charge is 0.334 e. The number of hydrogen-bond acceptors (Lipinski definition) is 5. The summed E-state index contributed by atoms with van der Waals surface area (Å²) in [6, 6.07) is 3.87. The zero-order valence-corrected chi connectivity index (χ0v) is 9.72. The van der Waals surface area contributed by atoms with Gasteiger partial charge in [-0.1, -0.05) is 6.07 Å². The molecular formula is C9H8N4OS2. The smallest absolute Gasteiger partial charge is 0.298 e. The van der Waals surface area contributed by atoms with E-state index in [1.165, 1.54) is 0 Å². The normalized spacial score (nSPS) is 11.0. The minimum Gasteiger partial charge on any atom is -0.334 e. The van der Waals surface area contributed by atoms with Gasteiger partial charge in [-0.25, -0.2) is 0 Å². The molecule has 0 amide bonds. The van der Waals surface area contributed by atoms with E-state index in [9.17, 15) is 4.79 Å². The summed E-state index contributed by atoms with van der Waals surface area (Å²) in [5, 5.41) is 8.26. The fourth-order valence-corrected chi connectivity index (χ4v) is 1.83. The highest BCUT2D eigenvalue weighted by molar-refractivity contribution is 7.71. The Labute approximate surface area is 99.8 Å². The van der Waals surface area contributed by atoms with Gasteiger partial charge in [0.15, 0.2) is 5.69 Å². The molecular weight excluding hydrogens is 244 g/mol. The minimum absolute atomic E-state index is 0.0956. The van der Waals surface area contributed by atoms with Gasteiger partial charge in [0.05, 0.1) is 0 Å². The standard InChI is InChI=1S/C9H8N4OS2/c10-13-8(14)7(11-12-9(13)15)4-3-6-2-1-5-16-6/h1-5H,10H2,(H,12,15). The van der Waals surface area contributed by atoms with Crippen LogP contribution in [0.15, 0.2) is 22.3 Å². The van der Waals surface area contributed by atoms with Crippen LogP contribution in [-0.4, -0.2) is 14.9 Å². The first-order valence-electron chi connectivity index (χ1n) is 4.37. The van der Waals surface area contributed by atoms with Gasteiger partial charge in [-0.2, -0.15) is 9.77 Å². The Hall–Kier alpha value is -1.73. The van der Waals surface area contributed by atoms with Crippen molar-refractivity contribution in [1.82, 2.24) is 14.9 Å². The number of rotatable bonds is 2. The van der Waals surface area contributed by atoms with E-state index in [0.29, 0.717) is 0 Å². The Kier molecular flexibility index (Phi) is 2.97. The van der Waals surface area contributed by atoms with Gasteiger partial charge < -0.3 is 5.84 Å². The molecule has 0 saturated heterocycles. The number of nitrogens with one attached hydrogen (secondary N) is 1. The molecule has 0 saturated carbocycles. The zero-order valence-electron chi connectivity index (χ0n) is 8.08. The fraction of sp³-hybridized carbons (Fsp3) is 0. The lowest BCUT2D eigenvalue weighted by atomic mass is 10.3. The summed E-state index contributed by atoms with van der Waals surface area (Å²) in [6.07, 6.45) is 3.40. The van der Waals surface area contributed by atoms with E-state index in [2.05, 4.69) is 10.2 Å². The summed E-state index contributed by atoms with van der Waals surface area (Å²) in [6.45, 7) is 0. The van der Waals surface area contributed by atoms with E-state index in [1.54, 1.807) is 23.5 Å². The van der Waals surface area contributed by atoms with Gasteiger partial charge in [-0.05, 0) is 35.8 Å². The Balaban J connectivity index is 2.40. The zero-order chi connectivity index (χ0) is 11.5. The van der Waals surface area contributed by atoms with Crippen LogP contribution >= 0.6 is 23.6 Å². The summed E-state index contributed by atoms with van der Waals surface area (Å²) in [5.41, 5.74) is -0.193. The summed E-state index contributed by atoms with van der Waals surface area (Å²) >= 11 is 6.33. The molecule has 0 radical (unpaired) electrons. The quantitative estimate of drug-likeness (QED) is 0.623. The lowest BCUT2D eigenvalue weighted by Gasteiger charge is -1.97. The van der Waals surface area contributed by atoms with Crippen molar-refractivity contribution in [1.29, 1.82) is 0 Å². The van der Waals surface area contributed by atoms with Crippen molar-refractivity contribution in [3.05, 3.63) is 43.2 Å². The van der Waals surface area contributed by atoms with Crippen LogP contribution in [0, 0.1) is 4.77 Å². The molecule has 0 bridgehead atoms. The number of H-pyrrole nitrogens is 1.